The zero-order chi connectivity index (χ0) is 14.7. The number of hydrogen-bond donors (Lipinski definition) is 1. The number of likely N-dealkylation sites (tertiary alicyclic amines) is 1. The maximum Gasteiger partial charge on any atom is 0.326 e. The second-order valence-corrected chi connectivity index (χ2v) is 5.19. The van der Waals surface area contributed by atoms with Crippen molar-refractivity contribution in [1.29, 1.82) is 0 Å². The summed E-state index contributed by atoms with van der Waals surface area (Å²) in [6, 6.07) is 6.70. The summed E-state index contributed by atoms with van der Waals surface area (Å²) in [7, 11) is 0. The minimum Gasteiger partial charge on any atom is -0.484 e. The van der Waals surface area contributed by atoms with Crippen LogP contribution in [0.1, 0.15) is 18.9 Å². The molecule has 0 spiro atoms. The van der Waals surface area contributed by atoms with Crippen molar-refractivity contribution in [1.82, 2.24) is 4.90 Å². The molecule has 2 rings (SSSR count). The number of aryl methyl sites for hydroxylation is 1. The van der Waals surface area contributed by atoms with Gasteiger partial charge in [0.2, 0.25) is 0 Å². The lowest BCUT2D eigenvalue weighted by atomic mass is 10.0. The minimum absolute atomic E-state index is 0.0186. The van der Waals surface area contributed by atoms with E-state index < -0.39 is 12.0 Å². The van der Waals surface area contributed by atoms with Gasteiger partial charge in [0.1, 0.15) is 11.8 Å². The maximum absolute atomic E-state index is 12.1. The molecule has 1 aliphatic rings. The number of nitrogens with zero attached hydrogens (tertiary/aromatic N) is 1. The Kier molecular flexibility index (Phi) is 4.27. The van der Waals surface area contributed by atoms with Crippen molar-refractivity contribution < 1.29 is 19.4 Å². The molecule has 0 radical (unpaired) electrons. The molecule has 0 bridgehead atoms. The summed E-state index contributed by atoms with van der Waals surface area (Å²) in [5.74, 6) is -0.584. The van der Waals surface area contributed by atoms with Crippen LogP contribution in [0.3, 0.4) is 0 Å². The second kappa shape index (κ2) is 5.94. The highest BCUT2D eigenvalue weighted by Gasteiger charge is 2.39. The average Bonchev–Trinajstić information content (AvgIpc) is 2.79. The fraction of sp³-hybridized carbons (Fsp3) is 0.467. The molecule has 1 aliphatic heterocycles. The highest BCUT2D eigenvalue weighted by molar-refractivity contribution is 5.85. The molecule has 1 amide bonds. The average molecular weight is 277 g/mol. The number of aliphatic carboxylic acids is 1. The molecule has 108 valence electrons. The molecule has 20 heavy (non-hydrogen) atoms. The van der Waals surface area contributed by atoms with Crippen molar-refractivity contribution in [3.05, 3.63) is 29.8 Å². The van der Waals surface area contributed by atoms with Gasteiger partial charge < -0.3 is 14.7 Å². The van der Waals surface area contributed by atoms with E-state index in [0.717, 1.165) is 5.56 Å². The molecule has 1 aromatic rings. The maximum atomic E-state index is 12.1. The Morgan fingerprint density at radius 1 is 1.40 bits per heavy atom. The van der Waals surface area contributed by atoms with Crippen molar-refractivity contribution >= 4 is 11.9 Å². The Balaban J connectivity index is 1.99. The van der Waals surface area contributed by atoms with Crippen LogP contribution in [0.4, 0.5) is 0 Å². The van der Waals surface area contributed by atoms with Crippen LogP contribution in [0.15, 0.2) is 24.3 Å². The predicted molar refractivity (Wildman–Crippen MR) is 73.6 cm³/mol. The molecular weight excluding hydrogens is 258 g/mol. The van der Waals surface area contributed by atoms with Crippen LogP contribution in [-0.4, -0.2) is 41.1 Å². The summed E-state index contributed by atoms with van der Waals surface area (Å²) in [4.78, 5) is 24.8. The van der Waals surface area contributed by atoms with Crippen LogP contribution < -0.4 is 4.74 Å². The van der Waals surface area contributed by atoms with Crippen molar-refractivity contribution in [2.45, 2.75) is 26.3 Å². The summed E-state index contributed by atoms with van der Waals surface area (Å²) in [6.45, 7) is 4.11. The normalized spacial score (nSPS) is 21.8. The van der Waals surface area contributed by atoms with E-state index in [2.05, 4.69) is 0 Å². The monoisotopic (exact) mass is 277 g/mol. The number of carbonyl (C=O) groups excluding carboxylic acids is 1. The fourth-order valence-electron chi connectivity index (χ4n) is 2.54. The van der Waals surface area contributed by atoms with Gasteiger partial charge in [-0.25, -0.2) is 4.79 Å². The molecule has 2 atom stereocenters. The second-order valence-electron chi connectivity index (χ2n) is 5.19. The van der Waals surface area contributed by atoms with Crippen molar-refractivity contribution in [3.63, 3.8) is 0 Å². The molecule has 2 unspecified atom stereocenters. The number of amides is 1. The lowest BCUT2D eigenvalue weighted by Crippen LogP contribution is -2.44. The summed E-state index contributed by atoms with van der Waals surface area (Å²) >= 11 is 0. The third-order valence-corrected chi connectivity index (χ3v) is 3.72. The zero-order valence-electron chi connectivity index (χ0n) is 11.7. The van der Waals surface area contributed by atoms with E-state index in [1.165, 1.54) is 4.90 Å². The summed E-state index contributed by atoms with van der Waals surface area (Å²) in [5, 5.41) is 9.20. The van der Waals surface area contributed by atoms with Gasteiger partial charge in [-0.1, -0.05) is 25.1 Å². The van der Waals surface area contributed by atoms with E-state index in [9.17, 15) is 14.7 Å². The Hall–Kier alpha value is -2.04. The smallest absolute Gasteiger partial charge is 0.326 e. The molecular formula is C15H19NO4. The Labute approximate surface area is 118 Å². The quantitative estimate of drug-likeness (QED) is 0.909. The van der Waals surface area contributed by atoms with Crippen LogP contribution in [-0.2, 0) is 9.59 Å². The first kappa shape index (κ1) is 14.4. The van der Waals surface area contributed by atoms with Gasteiger partial charge in [0, 0.05) is 6.54 Å². The van der Waals surface area contributed by atoms with Crippen LogP contribution >= 0.6 is 0 Å². The Morgan fingerprint density at radius 2 is 2.10 bits per heavy atom. The number of benzene rings is 1. The van der Waals surface area contributed by atoms with Gasteiger partial charge in [-0.05, 0) is 30.9 Å². The first-order valence-corrected chi connectivity index (χ1v) is 6.71. The van der Waals surface area contributed by atoms with E-state index in [1.807, 2.05) is 32.0 Å². The van der Waals surface area contributed by atoms with Crippen LogP contribution in [0.25, 0.3) is 0 Å². The Bertz CT molecular complexity index is 514. The van der Waals surface area contributed by atoms with E-state index in [0.29, 0.717) is 18.7 Å². The van der Waals surface area contributed by atoms with Crippen molar-refractivity contribution in [3.8, 4) is 5.75 Å². The van der Waals surface area contributed by atoms with Gasteiger partial charge in [-0.2, -0.15) is 0 Å². The fourth-order valence-corrected chi connectivity index (χ4v) is 2.54. The van der Waals surface area contributed by atoms with Crippen molar-refractivity contribution in [2.75, 3.05) is 13.2 Å². The van der Waals surface area contributed by atoms with E-state index >= 15 is 0 Å². The van der Waals surface area contributed by atoms with Gasteiger partial charge in [0.05, 0.1) is 0 Å². The van der Waals surface area contributed by atoms with Crippen molar-refractivity contribution in [2.24, 2.45) is 5.92 Å². The third kappa shape index (κ3) is 2.92. The molecule has 1 fully saturated rings. The molecule has 0 saturated carbocycles. The van der Waals surface area contributed by atoms with Gasteiger partial charge in [0.15, 0.2) is 6.61 Å². The van der Waals surface area contributed by atoms with Gasteiger partial charge in [-0.3, -0.25) is 4.79 Å². The molecule has 5 nitrogen and oxygen atoms in total. The number of carboxylic acid groups (broad SMARTS) is 1. The number of carbonyl (C=O) groups is 2. The van der Waals surface area contributed by atoms with Gasteiger partial charge in [-0.15, -0.1) is 0 Å². The van der Waals surface area contributed by atoms with Crippen LogP contribution in [0, 0.1) is 12.8 Å². The molecule has 1 N–H and O–H groups in total. The lowest BCUT2D eigenvalue weighted by molar-refractivity contribution is -0.150. The Morgan fingerprint density at radius 3 is 2.75 bits per heavy atom. The summed E-state index contributed by atoms with van der Waals surface area (Å²) in [6.07, 6.45) is 0.715. The largest absolute Gasteiger partial charge is 0.484 e. The standard InChI is InChI=1S/C15H19NO4/c1-10-5-3-4-6-12(10)20-9-13(17)16-8-7-11(2)14(16)15(18)19/h3-6,11,14H,7-9H2,1-2H3,(H,18,19). The highest BCUT2D eigenvalue weighted by atomic mass is 16.5. The van der Waals surface area contributed by atoms with E-state index in [-0.39, 0.29) is 18.4 Å². The lowest BCUT2D eigenvalue weighted by Gasteiger charge is -2.23. The third-order valence-electron chi connectivity index (χ3n) is 3.72. The number of para-hydroxylation sites is 1. The number of ether oxygens (including phenoxy) is 1. The first-order chi connectivity index (χ1) is 9.50. The minimum atomic E-state index is -0.945. The van der Waals surface area contributed by atoms with E-state index in [4.69, 9.17) is 4.74 Å². The molecule has 1 heterocycles. The molecule has 5 heteroatoms. The molecule has 0 aromatic heterocycles. The molecule has 1 aromatic carbocycles. The topological polar surface area (TPSA) is 66.8 Å². The van der Waals surface area contributed by atoms with E-state index in [1.54, 1.807) is 6.07 Å². The first-order valence-electron chi connectivity index (χ1n) is 6.71. The van der Waals surface area contributed by atoms with Crippen LogP contribution in [0.2, 0.25) is 0 Å². The summed E-state index contributed by atoms with van der Waals surface area (Å²) in [5.41, 5.74) is 0.949. The predicted octanol–water partition coefficient (Wildman–Crippen LogP) is 1.70. The molecule has 0 aliphatic carbocycles. The number of rotatable bonds is 4. The zero-order valence-corrected chi connectivity index (χ0v) is 11.7. The van der Waals surface area contributed by atoms with Gasteiger partial charge in [0.25, 0.3) is 5.91 Å². The SMILES string of the molecule is Cc1ccccc1OCC(=O)N1CCC(C)C1C(=O)O. The number of hydrogen-bond acceptors (Lipinski definition) is 3. The summed E-state index contributed by atoms with van der Waals surface area (Å²) < 4.78 is 5.49. The van der Waals surface area contributed by atoms with Gasteiger partial charge >= 0.3 is 5.97 Å². The molecule has 1 saturated heterocycles. The van der Waals surface area contributed by atoms with Crippen LogP contribution in [0.5, 0.6) is 5.75 Å². The number of carboxylic acids is 1. The highest BCUT2D eigenvalue weighted by Crippen LogP contribution is 2.24.